The molecule has 32 heavy (non-hydrogen) atoms. The minimum absolute atomic E-state index is 0. The smallest absolute Gasteiger partial charge is 0.251 e. The molecule has 2 rings (SSSR count). The van der Waals surface area contributed by atoms with Gasteiger partial charge in [0, 0.05) is 37.9 Å². The number of guanidine groups is 1. The van der Waals surface area contributed by atoms with Crippen molar-refractivity contribution >= 4 is 35.8 Å². The molecule has 2 aromatic carbocycles. The SMILES string of the molecule is CCNC(=NCc1ccc(C)cc1OCCOC)NCCNC(=O)c1cccc(C)c1.I. The normalized spacial score (nSPS) is 10.8. The van der Waals surface area contributed by atoms with E-state index < -0.39 is 0 Å². The van der Waals surface area contributed by atoms with Crippen LogP contribution in [0.3, 0.4) is 0 Å². The molecule has 0 bridgehead atoms. The Bertz CT molecular complexity index is 874. The third kappa shape index (κ3) is 9.86. The van der Waals surface area contributed by atoms with Gasteiger partial charge in [0.15, 0.2) is 5.96 Å². The summed E-state index contributed by atoms with van der Waals surface area (Å²) in [6.07, 6.45) is 0. The van der Waals surface area contributed by atoms with E-state index in [9.17, 15) is 4.79 Å². The Morgan fingerprint density at radius 1 is 0.969 bits per heavy atom. The van der Waals surface area contributed by atoms with E-state index in [2.05, 4.69) is 27.0 Å². The van der Waals surface area contributed by atoms with E-state index in [4.69, 9.17) is 9.47 Å². The molecule has 3 N–H and O–H groups in total. The lowest BCUT2D eigenvalue weighted by Gasteiger charge is -2.14. The van der Waals surface area contributed by atoms with Crippen LogP contribution in [0, 0.1) is 13.8 Å². The monoisotopic (exact) mass is 554 g/mol. The average molecular weight is 554 g/mol. The van der Waals surface area contributed by atoms with Gasteiger partial charge in [0.1, 0.15) is 12.4 Å². The summed E-state index contributed by atoms with van der Waals surface area (Å²) in [5.41, 5.74) is 3.87. The fourth-order valence-corrected chi connectivity index (χ4v) is 2.91. The fourth-order valence-electron chi connectivity index (χ4n) is 2.91. The number of carbonyl (C=O) groups excluding carboxylic acids is 1. The molecule has 0 aliphatic rings. The largest absolute Gasteiger partial charge is 0.491 e. The molecule has 0 unspecified atom stereocenters. The van der Waals surface area contributed by atoms with Gasteiger partial charge in [-0.05, 0) is 44.5 Å². The second kappa shape index (κ2) is 15.5. The fraction of sp³-hybridized carbons (Fsp3) is 0.417. The van der Waals surface area contributed by atoms with Crippen molar-refractivity contribution in [2.75, 3.05) is 40.0 Å². The first-order chi connectivity index (χ1) is 15.0. The number of aliphatic imine (C=N–C) groups is 1. The summed E-state index contributed by atoms with van der Waals surface area (Å²) in [5, 5.41) is 9.41. The van der Waals surface area contributed by atoms with Crippen LogP contribution in [-0.4, -0.2) is 51.8 Å². The molecule has 8 heteroatoms. The number of aryl methyl sites for hydroxylation is 2. The van der Waals surface area contributed by atoms with Crippen LogP contribution in [0.15, 0.2) is 47.5 Å². The van der Waals surface area contributed by atoms with Gasteiger partial charge >= 0.3 is 0 Å². The van der Waals surface area contributed by atoms with Crippen molar-refractivity contribution in [2.45, 2.75) is 27.3 Å². The summed E-state index contributed by atoms with van der Waals surface area (Å²) in [6.45, 7) is 9.33. The molecule has 1 amide bonds. The van der Waals surface area contributed by atoms with E-state index in [1.54, 1.807) is 7.11 Å². The second-order valence-electron chi connectivity index (χ2n) is 7.20. The number of benzene rings is 2. The van der Waals surface area contributed by atoms with Crippen LogP contribution in [0.2, 0.25) is 0 Å². The number of ether oxygens (including phenoxy) is 2. The summed E-state index contributed by atoms with van der Waals surface area (Å²) >= 11 is 0. The first kappa shape index (κ1) is 27.7. The van der Waals surface area contributed by atoms with E-state index in [0.717, 1.165) is 29.0 Å². The van der Waals surface area contributed by atoms with Crippen LogP contribution < -0.4 is 20.7 Å². The lowest BCUT2D eigenvalue weighted by molar-refractivity contribution is 0.0954. The second-order valence-corrected chi connectivity index (χ2v) is 7.20. The Labute approximate surface area is 208 Å². The number of rotatable bonds is 11. The Balaban J connectivity index is 0.00000512. The minimum atomic E-state index is -0.0788. The Kier molecular flexibility index (Phi) is 13.4. The summed E-state index contributed by atoms with van der Waals surface area (Å²) < 4.78 is 10.9. The van der Waals surface area contributed by atoms with Crippen molar-refractivity contribution in [3.8, 4) is 5.75 Å². The zero-order valence-corrected chi connectivity index (χ0v) is 21.7. The number of nitrogens with one attached hydrogen (secondary N) is 3. The van der Waals surface area contributed by atoms with Crippen LogP contribution in [-0.2, 0) is 11.3 Å². The van der Waals surface area contributed by atoms with Crippen molar-refractivity contribution in [1.29, 1.82) is 0 Å². The molecule has 7 nitrogen and oxygen atoms in total. The van der Waals surface area contributed by atoms with Crippen LogP contribution in [0.4, 0.5) is 0 Å². The van der Waals surface area contributed by atoms with Gasteiger partial charge in [0.2, 0.25) is 0 Å². The molecule has 0 aliphatic heterocycles. The number of methoxy groups -OCH3 is 1. The molecule has 0 radical (unpaired) electrons. The van der Waals surface area contributed by atoms with Crippen molar-refractivity contribution in [3.63, 3.8) is 0 Å². The highest BCUT2D eigenvalue weighted by molar-refractivity contribution is 14.0. The highest BCUT2D eigenvalue weighted by atomic mass is 127. The number of hydrogen-bond acceptors (Lipinski definition) is 4. The summed E-state index contributed by atoms with van der Waals surface area (Å²) in [7, 11) is 1.66. The third-order valence-electron chi connectivity index (χ3n) is 4.50. The quantitative estimate of drug-likeness (QED) is 0.172. The van der Waals surface area contributed by atoms with Crippen LogP contribution >= 0.6 is 24.0 Å². The van der Waals surface area contributed by atoms with Crippen LogP contribution in [0.1, 0.15) is 34.0 Å². The van der Waals surface area contributed by atoms with E-state index in [0.29, 0.717) is 44.4 Å². The van der Waals surface area contributed by atoms with E-state index in [1.165, 1.54) is 0 Å². The number of amides is 1. The zero-order valence-electron chi connectivity index (χ0n) is 19.4. The van der Waals surface area contributed by atoms with Gasteiger partial charge in [0.25, 0.3) is 5.91 Å². The molecular weight excluding hydrogens is 519 g/mol. The molecule has 0 heterocycles. The number of halogens is 1. The van der Waals surface area contributed by atoms with E-state index in [1.807, 2.05) is 57.2 Å². The predicted octanol–water partition coefficient (Wildman–Crippen LogP) is 3.43. The predicted molar refractivity (Wildman–Crippen MR) is 140 cm³/mol. The van der Waals surface area contributed by atoms with Gasteiger partial charge in [-0.2, -0.15) is 0 Å². The molecule has 0 atom stereocenters. The Hall–Kier alpha value is -2.33. The lowest BCUT2D eigenvalue weighted by atomic mass is 10.1. The Morgan fingerprint density at radius 2 is 1.72 bits per heavy atom. The highest BCUT2D eigenvalue weighted by Crippen LogP contribution is 2.21. The first-order valence-corrected chi connectivity index (χ1v) is 10.6. The van der Waals surface area contributed by atoms with Crippen molar-refractivity contribution in [2.24, 2.45) is 4.99 Å². The average Bonchev–Trinajstić information content (AvgIpc) is 2.76. The third-order valence-corrected chi connectivity index (χ3v) is 4.50. The van der Waals surface area contributed by atoms with Gasteiger partial charge < -0.3 is 25.4 Å². The van der Waals surface area contributed by atoms with Crippen molar-refractivity contribution in [3.05, 3.63) is 64.7 Å². The van der Waals surface area contributed by atoms with Gasteiger partial charge in [-0.15, -0.1) is 24.0 Å². The molecule has 0 fully saturated rings. The molecule has 0 aliphatic carbocycles. The summed E-state index contributed by atoms with van der Waals surface area (Å²) in [5.74, 6) is 1.43. The number of carbonyl (C=O) groups is 1. The molecule has 2 aromatic rings. The van der Waals surface area contributed by atoms with Gasteiger partial charge in [-0.3, -0.25) is 4.79 Å². The van der Waals surface area contributed by atoms with Gasteiger partial charge in [0.05, 0.1) is 13.2 Å². The van der Waals surface area contributed by atoms with Crippen LogP contribution in [0.5, 0.6) is 5.75 Å². The van der Waals surface area contributed by atoms with E-state index in [-0.39, 0.29) is 29.9 Å². The summed E-state index contributed by atoms with van der Waals surface area (Å²) in [4.78, 5) is 16.9. The molecule has 0 aromatic heterocycles. The number of nitrogens with zero attached hydrogens (tertiary/aromatic N) is 1. The Morgan fingerprint density at radius 3 is 2.44 bits per heavy atom. The topological polar surface area (TPSA) is 84.0 Å². The maximum Gasteiger partial charge on any atom is 0.251 e. The van der Waals surface area contributed by atoms with Crippen LogP contribution in [0.25, 0.3) is 0 Å². The zero-order chi connectivity index (χ0) is 22.5. The van der Waals surface area contributed by atoms with E-state index >= 15 is 0 Å². The maximum absolute atomic E-state index is 12.2. The van der Waals surface area contributed by atoms with Gasteiger partial charge in [-0.25, -0.2) is 4.99 Å². The minimum Gasteiger partial charge on any atom is -0.491 e. The molecule has 0 saturated heterocycles. The molecule has 0 spiro atoms. The van der Waals surface area contributed by atoms with Crippen molar-refractivity contribution < 1.29 is 14.3 Å². The molecule has 176 valence electrons. The summed E-state index contributed by atoms with van der Waals surface area (Å²) in [6, 6.07) is 13.6. The highest BCUT2D eigenvalue weighted by Gasteiger charge is 2.07. The van der Waals surface area contributed by atoms with Crippen molar-refractivity contribution in [1.82, 2.24) is 16.0 Å². The molecule has 0 saturated carbocycles. The number of hydrogen-bond donors (Lipinski definition) is 3. The standard InChI is InChI=1S/C24H34N4O3.HI/c1-5-25-24(27-12-11-26-23(29)20-8-6-7-18(2)15-20)28-17-21-10-9-19(3)16-22(21)31-14-13-30-4;/h6-10,15-16H,5,11-14,17H2,1-4H3,(H,26,29)(H2,25,27,28);1H. The lowest BCUT2D eigenvalue weighted by Crippen LogP contribution is -2.41. The molecular formula is C24H35IN4O3. The first-order valence-electron chi connectivity index (χ1n) is 10.6. The maximum atomic E-state index is 12.2. The van der Waals surface area contributed by atoms with Gasteiger partial charge in [-0.1, -0.05) is 29.8 Å².